The molecular formula is C15H14O2. The number of hydrogen-bond acceptors (Lipinski definition) is 2. The highest BCUT2D eigenvalue weighted by atomic mass is 16.5. The predicted molar refractivity (Wildman–Crippen MR) is 68.2 cm³/mol. The van der Waals surface area contributed by atoms with Crippen molar-refractivity contribution in [3.63, 3.8) is 0 Å². The Balaban J connectivity index is 2.57. The zero-order valence-electron chi connectivity index (χ0n) is 9.72. The van der Waals surface area contributed by atoms with Gasteiger partial charge in [-0.1, -0.05) is 42.5 Å². The largest absolute Gasteiger partial charge is 0.496 e. The first kappa shape index (κ1) is 11.4. The molecule has 0 atom stereocenters. The van der Waals surface area contributed by atoms with Crippen LogP contribution in [-0.2, 0) is 11.2 Å². The Morgan fingerprint density at radius 3 is 2.47 bits per heavy atom. The Labute approximate surface area is 101 Å². The van der Waals surface area contributed by atoms with Crippen molar-refractivity contribution in [3.05, 3.63) is 54.1 Å². The van der Waals surface area contributed by atoms with E-state index in [1.165, 1.54) is 0 Å². The molecule has 0 aliphatic heterocycles. The molecule has 0 amide bonds. The number of methoxy groups -OCH3 is 1. The number of hydrogen-bond donors (Lipinski definition) is 0. The monoisotopic (exact) mass is 226 g/mol. The molecule has 0 bridgehead atoms. The highest BCUT2D eigenvalue weighted by Gasteiger charge is 2.09. The van der Waals surface area contributed by atoms with Gasteiger partial charge in [0.2, 0.25) is 0 Å². The van der Waals surface area contributed by atoms with Crippen LogP contribution in [0.3, 0.4) is 0 Å². The van der Waals surface area contributed by atoms with Crippen molar-refractivity contribution in [1.82, 2.24) is 0 Å². The second-order valence-corrected chi connectivity index (χ2v) is 3.72. The third kappa shape index (κ3) is 2.36. The molecule has 86 valence electrons. The Hall–Kier alpha value is -2.09. The number of benzene rings is 2. The van der Waals surface area contributed by atoms with E-state index in [4.69, 9.17) is 4.74 Å². The van der Waals surface area contributed by atoms with E-state index >= 15 is 0 Å². The first-order chi connectivity index (χ1) is 8.36. The van der Waals surface area contributed by atoms with Crippen LogP contribution in [0.5, 0.6) is 5.75 Å². The van der Waals surface area contributed by atoms with Gasteiger partial charge in [0, 0.05) is 12.0 Å². The lowest BCUT2D eigenvalue weighted by atomic mass is 9.97. The average molecular weight is 226 g/mol. The number of carbonyl (C=O) groups excluding carboxylic acids is 1. The van der Waals surface area contributed by atoms with E-state index in [0.717, 1.165) is 28.7 Å². The second-order valence-electron chi connectivity index (χ2n) is 3.72. The minimum atomic E-state index is 0.369. The van der Waals surface area contributed by atoms with Gasteiger partial charge in [-0.05, 0) is 17.2 Å². The predicted octanol–water partition coefficient (Wildman–Crippen LogP) is 3.10. The summed E-state index contributed by atoms with van der Waals surface area (Å²) in [7, 11) is 1.62. The van der Waals surface area contributed by atoms with Gasteiger partial charge >= 0.3 is 0 Å². The van der Waals surface area contributed by atoms with Crippen LogP contribution >= 0.6 is 0 Å². The molecule has 0 saturated heterocycles. The van der Waals surface area contributed by atoms with E-state index in [0.29, 0.717) is 6.42 Å². The van der Waals surface area contributed by atoms with E-state index < -0.39 is 0 Å². The van der Waals surface area contributed by atoms with Crippen LogP contribution in [0.2, 0.25) is 0 Å². The van der Waals surface area contributed by atoms with Gasteiger partial charge < -0.3 is 9.53 Å². The van der Waals surface area contributed by atoms with Gasteiger partial charge in [0.1, 0.15) is 12.0 Å². The van der Waals surface area contributed by atoms with Crippen LogP contribution in [0, 0.1) is 0 Å². The van der Waals surface area contributed by atoms with Crippen LogP contribution in [0.4, 0.5) is 0 Å². The molecular weight excluding hydrogens is 212 g/mol. The lowest BCUT2D eigenvalue weighted by Crippen LogP contribution is -1.96. The molecule has 0 heterocycles. The van der Waals surface area contributed by atoms with Crippen molar-refractivity contribution in [1.29, 1.82) is 0 Å². The lowest BCUT2D eigenvalue weighted by molar-refractivity contribution is -0.107. The van der Waals surface area contributed by atoms with Crippen molar-refractivity contribution < 1.29 is 9.53 Å². The first-order valence-electron chi connectivity index (χ1n) is 5.51. The molecule has 0 saturated carbocycles. The van der Waals surface area contributed by atoms with Crippen molar-refractivity contribution >= 4 is 6.29 Å². The van der Waals surface area contributed by atoms with E-state index in [-0.39, 0.29) is 0 Å². The quantitative estimate of drug-likeness (QED) is 0.749. The number of rotatable bonds is 4. The van der Waals surface area contributed by atoms with Gasteiger partial charge in [0.15, 0.2) is 0 Å². The fourth-order valence-electron chi connectivity index (χ4n) is 1.94. The topological polar surface area (TPSA) is 26.3 Å². The summed E-state index contributed by atoms with van der Waals surface area (Å²) < 4.78 is 5.30. The van der Waals surface area contributed by atoms with Crippen LogP contribution in [-0.4, -0.2) is 13.4 Å². The average Bonchev–Trinajstić information content (AvgIpc) is 2.40. The van der Waals surface area contributed by atoms with Crippen LogP contribution in [0.1, 0.15) is 5.56 Å². The van der Waals surface area contributed by atoms with Crippen molar-refractivity contribution in [3.8, 4) is 16.9 Å². The highest BCUT2D eigenvalue weighted by Crippen LogP contribution is 2.30. The summed E-state index contributed by atoms with van der Waals surface area (Å²) in [6, 6.07) is 15.8. The van der Waals surface area contributed by atoms with Gasteiger partial charge in [-0.15, -0.1) is 0 Å². The molecule has 0 aliphatic rings. The number of ether oxygens (including phenoxy) is 1. The first-order valence-corrected chi connectivity index (χ1v) is 5.51. The molecule has 0 spiro atoms. The Morgan fingerprint density at radius 1 is 1.06 bits per heavy atom. The maximum Gasteiger partial charge on any atom is 0.124 e. The van der Waals surface area contributed by atoms with Gasteiger partial charge in [-0.3, -0.25) is 0 Å². The zero-order valence-corrected chi connectivity index (χ0v) is 9.72. The third-order valence-electron chi connectivity index (χ3n) is 2.73. The van der Waals surface area contributed by atoms with Gasteiger partial charge in [-0.25, -0.2) is 0 Å². The molecule has 0 radical (unpaired) electrons. The molecule has 2 rings (SSSR count). The van der Waals surface area contributed by atoms with E-state index in [1.54, 1.807) is 7.11 Å². The molecule has 2 heteroatoms. The van der Waals surface area contributed by atoms with E-state index in [2.05, 4.69) is 0 Å². The van der Waals surface area contributed by atoms with Crippen LogP contribution < -0.4 is 4.74 Å². The summed E-state index contributed by atoms with van der Waals surface area (Å²) >= 11 is 0. The normalized spacial score (nSPS) is 9.94. The molecule has 0 aromatic heterocycles. The Morgan fingerprint density at radius 2 is 1.82 bits per heavy atom. The van der Waals surface area contributed by atoms with Crippen molar-refractivity contribution in [2.75, 3.05) is 7.11 Å². The van der Waals surface area contributed by atoms with E-state index in [1.807, 2.05) is 48.5 Å². The van der Waals surface area contributed by atoms with Gasteiger partial charge in [0.25, 0.3) is 0 Å². The van der Waals surface area contributed by atoms with Gasteiger partial charge in [-0.2, -0.15) is 0 Å². The lowest BCUT2D eigenvalue weighted by Gasteiger charge is -2.12. The molecule has 0 fully saturated rings. The van der Waals surface area contributed by atoms with Crippen LogP contribution in [0.15, 0.2) is 48.5 Å². The minimum absolute atomic E-state index is 0.369. The van der Waals surface area contributed by atoms with Crippen molar-refractivity contribution in [2.24, 2.45) is 0 Å². The maximum atomic E-state index is 10.8. The molecule has 2 nitrogen and oxygen atoms in total. The summed E-state index contributed by atoms with van der Waals surface area (Å²) in [5, 5.41) is 0. The summed E-state index contributed by atoms with van der Waals surface area (Å²) in [5.74, 6) is 0.762. The molecule has 0 N–H and O–H groups in total. The third-order valence-corrected chi connectivity index (χ3v) is 2.73. The Bertz CT molecular complexity index is 504. The molecule has 17 heavy (non-hydrogen) atoms. The summed E-state index contributed by atoms with van der Waals surface area (Å²) in [6.45, 7) is 0. The summed E-state index contributed by atoms with van der Waals surface area (Å²) in [6.07, 6.45) is 1.28. The van der Waals surface area contributed by atoms with Crippen molar-refractivity contribution in [2.45, 2.75) is 6.42 Å². The van der Waals surface area contributed by atoms with Crippen LogP contribution in [0.25, 0.3) is 11.1 Å². The number of aldehydes is 1. The number of carbonyl (C=O) groups is 1. The molecule has 0 aliphatic carbocycles. The fraction of sp³-hybridized carbons (Fsp3) is 0.133. The summed E-state index contributed by atoms with van der Waals surface area (Å²) in [4.78, 5) is 10.8. The molecule has 0 unspecified atom stereocenters. The Kier molecular flexibility index (Phi) is 3.55. The summed E-state index contributed by atoms with van der Waals surface area (Å²) in [5.41, 5.74) is 3.09. The SMILES string of the molecule is COc1cccc(-c2ccccc2)c1CC=O. The minimum Gasteiger partial charge on any atom is -0.496 e. The standard InChI is InChI=1S/C15H14O2/c1-17-15-9-5-8-13(14(15)10-11-16)12-6-3-2-4-7-12/h2-9,11H,10H2,1H3. The van der Waals surface area contributed by atoms with E-state index in [9.17, 15) is 4.79 Å². The zero-order chi connectivity index (χ0) is 12.1. The fourth-order valence-corrected chi connectivity index (χ4v) is 1.94. The molecule has 2 aromatic rings. The highest BCUT2D eigenvalue weighted by molar-refractivity contribution is 5.74. The molecule has 2 aromatic carbocycles. The maximum absolute atomic E-state index is 10.8. The second kappa shape index (κ2) is 5.30. The van der Waals surface area contributed by atoms with Gasteiger partial charge in [0.05, 0.1) is 7.11 Å². The smallest absolute Gasteiger partial charge is 0.124 e.